The molecule has 0 saturated heterocycles. The number of nitrogens with one attached hydrogen (secondary N) is 1. The first-order valence-electron chi connectivity index (χ1n) is 10.7. The Morgan fingerprint density at radius 2 is 1.56 bits per heavy atom. The number of carboxylic acids is 1. The van der Waals surface area contributed by atoms with Gasteiger partial charge in [-0.1, -0.05) is 47.5 Å². The Morgan fingerprint density at radius 3 is 2.06 bits per heavy atom. The van der Waals surface area contributed by atoms with Crippen molar-refractivity contribution in [3.8, 4) is 0 Å². The zero-order valence-electron chi connectivity index (χ0n) is 18.5. The summed E-state index contributed by atoms with van der Waals surface area (Å²) in [4.78, 5) is 29.9. The lowest BCUT2D eigenvalue weighted by atomic mass is 9.90. The normalized spacial score (nSPS) is 12.5. The van der Waals surface area contributed by atoms with Crippen molar-refractivity contribution in [3.63, 3.8) is 0 Å². The van der Waals surface area contributed by atoms with E-state index in [1.54, 1.807) is 13.0 Å². The predicted molar refractivity (Wildman–Crippen MR) is 138 cm³/mol. The molecule has 0 aliphatic carbocycles. The Bertz CT molecular complexity index is 1110. The number of hydrogen-bond acceptors (Lipinski definition) is 4. The molecule has 3 rings (SSSR count). The maximum atomic E-state index is 12.9. The topological polar surface area (TPSA) is 105 Å². The van der Waals surface area contributed by atoms with Crippen LogP contribution in [0.15, 0.2) is 65.7 Å². The van der Waals surface area contributed by atoms with Crippen LogP contribution in [0, 0.1) is 0 Å². The first kappa shape index (κ1) is 25.7. The van der Waals surface area contributed by atoms with E-state index in [0.29, 0.717) is 33.7 Å². The van der Waals surface area contributed by atoms with Crippen LogP contribution in [0.1, 0.15) is 51.4 Å². The van der Waals surface area contributed by atoms with Crippen LogP contribution < -0.4 is 11.1 Å². The second-order valence-electron chi connectivity index (χ2n) is 7.77. The number of carboxylic acid groups (broad SMARTS) is 1. The zero-order chi connectivity index (χ0) is 24.7. The summed E-state index contributed by atoms with van der Waals surface area (Å²) in [5.41, 5.74) is 7.53. The fraction of sp³-hybridized carbons (Fsp3) is 0.240. The van der Waals surface area contributed by atoms with Gasteiger partial charge < -0.3 is 16.2 Å². The SMILES string of the molecule is CC(N)=NCCCC(NC(=O)c1ccc(C(c2ccc(Cl)cc2)c2ccc(Cl)cc2)s1)C(=O)O. The second kappa shape index (κ2) is 12.0. The number of aliphatic imine (C=N–C) groups is 1. The van der Waals surface area contributed by atoms with Crippen molar-refractivity contribution >= 4 is 52.3 Å². The molecule has 1 amide bonds. The van der Waals surface area contributed by atoms with Gasteiger partial charge in [0.25, 0.3) is 5.91 Å². The number of halogens is 2. The summed E-state index contributed by atoms with van der Waals surface area (Å²) < 4.78 is 0. The molecule has 4 N–H and O–H groups in total. The van der Waals surface area contributed by atoms with Gasteiger partial charge >= 0.3 is 5.97 Å². The van der Waals surface area contributed by atoms with Crippen molar-refractivity contribution in [1.29, 1.82) is 0 Å². The molecule has 9 heteroatoms. The van der Waals surface area contributed by atoms with Gasteiger partial charge in [-0.3, -0.25) is 9.79 Å². The van der Waals surface area contributed by atoms with Gasteiger partial charge in [-0.25, -0.2) is 4.79 Å². The van der Waals surface area contributed by atoms with Crippen LogP contribution in [0.3, 0.4) is 0 Å². The van der Waals surface area contributed by atoms with Gasteiger partial charge in [0.1, 0.15) is 6.04 Å². The molecule has 178 valence electrons. The van der Waals surface area contributed by atoms with E-state index in [1.807, 2.05) is 54.6 Å². The predicted octanol–water partition coefficient (Wildman–Crippen LogP) is 5.58. The number of nitrogens with zero attached hydrogens (tertiary/aromatic N) is 1. The van der Waals surface area contributed by atoms with Crippen LogP contribution in [-0.4, -0.2) is 35.4 Å². The highest BCUT2D eigenvalue weighted by atomic mass is 35.5. The van der Waals surface area contributed by atoms with Gasteiger partial charge in [-0.05, 0) is 67.3 Å². The number of carbonyl (C=O) groups is 2. The van der Waals surface area contributed by atoms with Crippen molar-refractivity contribution in [1.82, 2.24) is 5.32 Å². The molecule has 0 fully saturated rings. The highest BCUT2D eigenvalue weighted by Crippen LogP contribution is 2.37. The van der Waals surface area contributed by atoms with Crippen molar-refractivity contribution in [2.75, 3.05) is 6.54 Å². The number of benzene rings is 2. The summed E-state index contributed by atoms with van der Waals surface area (Å²) in [5.74, 6) is -1.20. The van der Waals surface area contributed by atoms with Gasteiger partial charge in [0.15, 0.2) is 0 Å². The molecule has 2 aromatic carbocycles. The number of nitrogens with two attached hydrogens (primary N) is 1. The minimum absolute atomic E-state index is 0.131. The molecule has 0 aliphatic rings. The van der Waals surface area contributed by atoms with E-state index >= 15 is 0 Å². The lowest BCUT2D eigenvalue weighted by Gasteiger charge is -2.17. The van der Waals surface area contributed by atoms with Crippen LogP contribution >= 0.6 is 34.5 Å². The number of aliphatic carboxylic acids is 1. The standard InChI is InChI=1S/C25H25Cl2N3O3S/c1-15(28)29-14-2-3-20(25(32)33)30-24(31)22-13-12-21(34-22)23(16-4-8-18(26)9-5-16)17-6-10-19(27)11-7-17/h4-13,20,23H,2-3,14H2,1H3,(H2,28,29)(H,30,31)(H,32,33). The van der Waals surface area contributed by atoms with Crippen molar-refractivity contribution in [3.05, 3.63) is 91.6 Å². The maximum Gasteiger partial charge on any atom is 0.326 e. The van der Waals surface area contributed by atoms with Gasteiger partial charge in [0.2, 0.25) is 0 Å². The Hall–Kier alpha value is -2.87. The fourth-order valence-corrected chi connectivity index (χ4v) is 4.82. The number of hydrogen-bond donors (Lipinski definition) is 3. The summed E-state index contributed by atoms with van der Waals surface area (Å²) in [6.07, 6.45) is 0.755. The van der Waals surface area contributed by atoms with Gasteiger partial charge in [-0.2, -0.15) is 0 Å². The van der Waals surface area contributed by atoms with Crippen LogP contribution in [0.5, 0.6) is 0 Å². The average molecular weight is 518 g/mol. The van der Waals surface area contributed by atoms with Crippen LogP contribution in [0.25, 0.3) is 0 Å². The van der Waals surface area contributed by atoms with E-state index in [2.05, 4.69) is 10.3 Å². The number of thiophene rings is 1. The molecule has 0 aliphatic heterocycles. The third-order valence-electron chi connectivity index (χ3n) is 5.16. The second-order valence-corrected chi connectivity index (χ2v) is 9.76. The highest BCUT2D eigenvalue weighted by Gasteiger charge is 2.24. The Labute approximate surface area is 212 Å². The minimum Gasteiger partial charge on any atom is -0.480 e. The van der Waals surface area contributed by atoms with E-state index in [4.69, 9.17) is 28.9 Å². The smallest absolute Gasteiger partial charge is 0.326 e. The maximum absolute atomic E-state index is 12.9. The molecular weight excluding hydrogens is 493 g/mol. The quantitative estimate of drug-likeness (QED) is 0.185. The van der Waals surface area contributed by atoms with Crippen LogP contribution in [0.2, 0.25) is 10.0 Å². The van der Waals surface area contributed by atoms with E-state index in [0.717, 1.165) is 16.0 Å². The highest BCUT2D eigenvalue weighted by molar-refractivity contribution is 7.14. The molecule has 1 atom stereocenters. The molecular formula is C25H25Cl2N3O3S. The van der Waals surface area contributed by atoms with E-state index in [-0.39, 0.29) is 12.3 Å². The minimum atomic E-state index is -1.08. The Kier molecular flexibility index (Phi) is 9.10. The summed E-state index contributed by atoms with van der Waals surface area (Å²) >= 11 is 13.5. The Morgan fingerprint density at radius 1 is 1.00 bits per heavy atom. The van der Waals surface area contributed by atoms with Gasteiger partial charge in [0, 0.05) is 27.4 Å². The lowest BCUT2D eigenvalue weighted by molar-refractivity contribution is -0.139. The molecule has 1 unspecified atom stereocenters. The lowest BCUT2D eigenvalue weighted by Crippen LogP contribution is -2.40. The van der Waals surface area contributed by atoms with E-state index in [9.17, 15) is 14.7 Å². The molecule has 0 bridgehead atoms. The van der Waals surface area contributed by atoms with Crippen LogP contribution in [0.4, 0.5) is 0 Å². The third kappa shape index (κ3) is 7.06. The molecule has 1 aromatic heterocycles. The molecule has 6 nitrogen and oxygen atoms in total. The van der Waals surface area contributed by atoms with Crippen molar-refractivity contribution < 1.29 is 14.7 Å². The largest absolute Gasteiger partial charge is 0.480 e. The van der Waals surface area contributed by atoms with Gasteiger partial charge in [-0.15, -0.1) is 11.3 Å². The molecule has 3 aromatic rings. The van der Waals surface area contributed by atoms with E-state index < -0.39 is 17.9 Å². The van der Waals surface area contributed by atoms with Crippen molar-refractivity contribution in [2.24, 2.45) is 10.7 Å². The summed E-state index contributed by atoms with van der Waals surface area (Å²) in [6, 6.07) is 17.7. The summed E-state index contributed by atoms with van der Waals surface area (Å²) in [5, 5.41) is 13.4. The van der Waals surface area contributed by atoms with Crippen LogP contribution in [-0.2, 0) is 4.79 Å². The average Bonchev–Trinajstić information content (AvgIpc) is 3.28. The fourth-order valence-electron chi connectivity index (χ4n) is 3.50. The molecule has 0 spiro atoms. The summed E-state index contributed by atoms with van der Waals surface area (Å²) in [6.45, 7) is 2.08. The molecule has 1 heterocycles. The van der Waals surface area contributed by atoms with E-state index in [1.165, 1.54) is 11.3 Å². The number of carbonyl (C=O) groups excluding carboxylic acids is 1. The molecule has 0 saturated carbocycles. The number of amides is 1. The third-order valence-corrected chi connectivity index (χ3v) is 6.81. The summed E-state index contributed by atoms with van der Waals surface area (Å²) in [7, 11) is 0. The molecule has 0 radical (unpaired) electrons. The first-order valence-corrected chi connectivity index (χ1v) is 12.2. The zero-order valence-corrected chi connectivity index (χ0v) is 20.8. The van der Waals surface area contributed by atoms with Gasteiger partial charge in [0.05, 0.1) is 10.7 Å². The number of amidine groups is 1. The number of rotatable bonds is 10. The molecule has 34 heavy (non-hydrogen) atoms. The van der Waals surface area contributed by atoms with Crippen molar-refractivity contribution in [2.45, 2.75) is 31.7 Å². The monoisotopic (exact) mass is 517 g/mol. The first-order chi connectivity index (χ1) is 16.2. The Balaban J connectivity index is 1.81.